The molecule has 0 unspecified atom stereocenters. The Labute approximate surface area is 228 Å². The van der Waals surface area contributed by atoms with Gasteiger partial charge in [-0.25, -0.2) is 0 Å². The highest BCUT2D eigenvalue weighted by Crippen LogP contribution is 2.64. The van der Waals surface area contributed by atoms with Crippen molar-refractivity contribution in [2.45, 2.75) is 54.1 Å². The molecule has 0 aromatic heterocycles. The molecule has 0 fully saturated rings. The quantitative estimate of drug-likeness (QED) is 0.137. The van der Waals surface area contributed by atoms with Crippen LogP contribution in [-0.2, 0) is 4.79 Å². The average Bonchev–Trinajstić information content (AvgIpc) is 2.81. The van der Waals surface area contributed by atoms with Gasteiger partial charge in [0.05, 0.1) is 25.8 Å². The Morgan fingerprint density at radius 1 is 0.571 bits per heavy atom. The first-order chi connectivity index (χ1) is 18.5. The van der Waals surface area contributed by atoms with Crippen LogP contribution < -0.4 is 10.0 Å². The Kier molecular flexibility index (Phi) is 15.2. The summed E-state index contributed by atoms with van der Waals surface area (Å²) in [5.41, 5.74) is 0. The van der Waals surface area contributed by atoms with Gasteiger partial charge in [-0.3, -0.25) is 0 Å². The van der Waals surface area contributed by atoms with Gasteiger partial charge in [0.1, 0.15) is 19.6 Å². The normalized spacial score (nSPS) is 14.6. The minimum atomic E-state index is -8.66. The van der Waals surface area contributed by atoms with Gasteiger partial charge in [0.15, 0.2) is 0 Å². The Balaban J connectivity index is 0. The van der Waals surface area contributed by atoms with E-state index in [1.807, 2.05) is 0 Å². The van der Waals surface area contributed by atoms with Gasteiger partial charge >= 0.3 is 47.6 Å². The van der Waals surface area contributed by atoms with E-state index in [9.17, 15) is 84.5 Å². The first-order valence-corrected chi connectivity index (χ1v) is 11.8. The van der Waals surface area contributed by atoms with E-state index in [4.69, 9.17) is 15.3 Å². The number of quaternary nitrogens is 1. The summed E-state index contributed by atoms with van der Waals surface area (Å²) in [5, 5.41) is 35.5. The first kappa shape index (κ1) is 42.6. The number of aliphatic carboxylic acids is 1. The van der Waals surface area contributed by atoms with Gasteiger partial charge in [0.2, 0.25) is 0 Å². The van der Waals surface area contributed by atoms with Crippen molar-refractivity contribution in [1.29, 1.82) is 0 Å². The number of carboxylic acid groups (broad SMARTS) is 1. The highest BCUT2D eigenvalue weighted by Gasteiger charge is 2.95. The van der Waals surface area contributed by atoms with Gasteiger partial charge in [0.25, 0.3) is 0 Å². The molecule has 254 valence electrons. The van der Waals surface area contributed by atoms with Crippen LogP contribution in [0.2, 0.25) is 0 Å². The smallest absolute Gasteiger partial charge is 0.460 e. The van der Waals surface area contributed by atoms with Crippen molar-refractivity contribution < 1.29 is 105 Å². The molecule has 0 bridgehead atoms. The molecule has 6 nitrogen and oxygen atoms in total. The van der Waals surface area contributed by atoms with Crippen molar-refractivity contribution in [3.63, 3.8) is 0 Å². The maximum Gasteiger partial charge on any atom is 0.460 e. The summed E-state index contributed by atoms with van der Waals surface area (Å²) in [6, 6.07) is 0. The van der Waals surface area contributed by atoms with E-state index < -0.39 is 71.5 Å². The number of carboxylic acids is 1. The molecule has 0 saturated heterocycles. The molecule has 0 rings (SSSR count). The Morgan fingerprint density at radius 2 is 0.881 bits per heavy atom. The van der Waals surface area contributed by atoms with Gasteiger partial charge in [-0.15, -0.1) is 0 Å². The monoisotopic (exact) mass is 687 g/mol. The molecule has 4 N–H and O–H groups in total. The first-order valence-electron chi connectivity index (χ1n) is 10.7. The molecule has 0 aliphatic heterocycles. The third kappa shape index (κ3) is 8.77. The van der Waals surface area contributed by atoms with Crippen LogP contribution in [0.15, 0.2) is 0 Å². The largest absolute Gasteiger partial charge is 0.549 e. The van der Waals surface area contributed by atoms with Crippen LogP contribution in [0.25, 0.3) is 0 Å². The van der Waals surface area contributed by atoms with Gasteiger partial charge < -0.3 is 30.1 Å². The van der Waals surface area contributed by atoms with Gasteiger partial charge in [0, 0.05) is 12.2 Å². The lowest BCUT2D eigenvalue weighted by atomic mass is 9.88. The van der Waals surface area contributed by atoms with Gasteiger partial charge in [-0.2, -0.15) is 86.4 Å². The molecule has 0 aromatic rings. The maximum atomic E-state index is 13.4. The van der Waals surface area contributed by atoms with Crippen LogP contribution in [0.3, 0.4) is 0 Å². The van der Waals surface area contributed by atoms with Gasteiger partial charge in [-0.05, 0) is 5.75 Å². The molecule has 0 radical (unpaired) electrons. The second-order valence-corrected chi connectivity index (χ2v) is 9.10. The van der Waals surface area contributed by atoms with Crippen molar-refractivity contribution in [1.82, 2.24) is 0 Å². The SMILES string of the molecule is O=C([O-])CSCCC(F)(F)C(F)(F)C(F)(F)C(F)(F)C(F)(F)C(F)(F)C(F)(F)C(F)(F)F.OCC[NH+](CCO)CCO. The summed E-state index contributed by atoms with van der Waals surface area (Å²) in [6.07, 6.45) is -10.5. The lowest BCUT2D eigenvalue weighted by molar-refractivity contribution is -0.901. The van der Waals surface area contributed by atoms with Crippen LogP contribution >= 0.6 is 11.8 Å². The number of aliphatic hydroxyl groups is 3. The Morgan fingerprint density at radius 3 is 1.17 bits per heavy atom. The minimum absolute atomic E-state index is 0.106. The zero-order valence-electron chi connectivity index (χ0n) is 20.4. The number of carbonyl (C=O) groups excluding carboxylic acids is 1. The number of alkyl halides is 17. The average molecular weight is 687 g/mol. The third-order valence-electron chi connectivity index (χ3n) is 4.96. The van der Waals surface area contributed by atoms with Crippen LogP contribution in [0, 0.1) is 0 Å². The van der Waals surface area contributed by atoms with Crippen molar-refractivity contribution in [3.8, 4) is 0 Å². The standard InChI is InChI=1S/C12H7F17O2S.C6H15NO3/c13-5(14,1-2-32-3-4(30)31)6(15,16)7(17,18)8(19,20)9(21,22)10(23,24)11(25,26)12(27,28)29;8-4-1-7(2-5-9)3-6-10/h1-3H2,(H,30,31);8-10H,1-6H2. The number of nitrogens with one attached hydrogen (secondary N) is 1. The van der Waals surface area contributed by atoms with Crippen molar-refractivity contribution in [2.24, 2.45) is 0 Å². The fourth-order valence-electron chi connectivity index (χ4n) is 2.56. The summed E-state index contributed by atoms with van der Waals surface area (Å²) in [5.74, 6) is -61.4. The molecular formula is C18H22F17NO5S. The molecule has 0 aromatic carbocycles. The van der Waals surface area contributed by atoms with Crippen LogP contribution in [0.4, 0.5) is 74.6 Å². The summed E-state index contributed by atoms with van der Waals surface area (Å²) in [7, 11) is 0. The summed E-state index contributed by atoms with van der Waals surface area (Å²) >= 11 is -0.262. The van der Waals surface area contributed by atoms with Gasteiger partial charge in [-0.1, -0.05) is 0 Å². The molecule has 0 atom stereocenters. The lowest BCUT2D eigenvalue weighted by Gasteiger charge is -2.42. The number of rotatable bonds is 17. The molecule has 0 amide bonds. The number of carbonyl (C=O) groups is 1. The Bertz CT molecular complexity index is 827. The number of hydrogen-bond donors (Lipinski definition) is 4. The third-order valence-corrected chi connectivity index (χ3v) is 5.90. The predicted molar refractivity (Wildman–Crippen MR) is 104 cm³/mol. The molecule has 24 heteroatoms. The molecular weight excluding hydrogens is 665 g/mol. The summed E-state index contributed by atoms with van der Waals surface area (Å²) in [4.78, 5) is 11.0. The number of halogens is 17. The minimum Gasteiger partial charge on any atom is -0.549 e. The second kappa shape index (κ2) is 15.0. The van der Waals surface area contributed by atoms with Crippen LogP contribution in [0.1, 0.15) is 6.42 Å². The highest BCUT2D eigenvalue weighted by atomic mass is 32.2. The van der Waals surface area contributed by atoms with Crippen LogP contribution in [0.5, 0.6) is 0 Å². The second-order valence-electron chi connectivity index (χ2n) is 7.99. The van der Waals surface area contributed by atoms with Crippen molar-refractivity contribution >= 4 is 17.7 Å². The molecule has 0 aliphatic carbocycles. The molecule has 0 aliphatic rings. The van der Waals surface area contributed by atoms with E-state index in [1.165, 1.54) is 0 Å². The zero-order chi connectivity index (χ0) is 34.2. The maximum absolute atomic E-state index is 13.4. The number of hydrogen-bond acceptors (Lipinski definition) is 6. The van der Waals surface area contributed by atoms with E-state index in [0.29, 0.717) is 19.6 Å². The van der Waals surface area contributed by atoms with E-state index in [-0.39, 0.29) is 31.6 Å². The highest BCUT2D eigenvalue weighted by molar-refractivity contribution is 7.99. The van der Waals surface area contributed by atoms with E-state index in [2.05, 4.69) is 0 Å². The fourth-order valence-corrected chi connectivity index (χ4v) is 3.27. The number of aliphatic hydroxyl groups excluding tert-OH is 3. The lowest BCUT2D eigenvalue weighted by Crippen LogP contribution is -3.13. The van der Waals surface area contributed by atoms with Crippen molar-refractivity contribution in [3.05, 3.63) is 0 Å². The summed E-state index contributed by atoms with van der Waals surface area (Å²) in [6.45, 7) is 2.11. The molecule has 0 spiro atoms. The predicted octanol–water partition coefficient (Wildman–Crippen LogP) is 1.72. The van der Waals surface area contributed by atoms with E-state index in [0.717, 1.165) is 4.90 Å². The molecule has 0 heterocycles. The summed E-state index contributed by atoms with van der Waals surface area (Å²) < 4.78 is 220. The topological polar surface area (TPSA) is 105 Å². The molecule has 0 saturated carbocycles. The fraction of sp³-hybridized carbons (Fsp3) is 0.944. The zero-order valence-corrected chi connectivity index (χ0v) is 21.2. The number of thioether (sulfide) groups is 1. The van der Waals surface area contributed by atoms with E-state index >= 15 is 0 Å². The van der Waals surface area contributed by atoms with E-state index in [1.54, 1.807) is 0 Å². The van der Waals surface area contributed by atoms with Crippen LogP contribution in [-0.4, -0.2) is 120 Å². The van der Waals surface area contributed by atoms with Crippen molar-refractivity contribution in [2.75, 3.05) is 51.0 Å². The molecule has 42 heavy (non-hydrogen) atoms. The Hall–Kier alpha value is -1.53.